The average Bonchev–Trinajstić information content (AvgIpc) is 2.90. The van der Waals surface area contributed by atoms with Crippen LogP contribution in [-0.2, 0) is 12.8 Å². The molecule has 0 nitrogen and oxygen atoms in total. The second-order valence-electron chi connectivity index (χ2n) is 12.2. The second kappa shape index (κ2) is 6.80. The highest BCUT2D eigenvalue weighted by Gasteiger charge is 2.41. The van der Waals surface area contributed by atoms with Crippen molar-refractivity contribution in [1.29, 1.82) is 0 Å². The molecule has 0 heterocycles. The zero-order valence-corrected chi connectivity index (χ0v) is 21.4. The minimum Gasteiger partial charge on any atom is -0.0805 e. The maximum absolute atomic E-state index is 2.64. The number of fused-ring (bicyclic) bond motifs is 7. The van der Waals surface area contributed by atoms with Gasteiger partial charge in [0.15, 0.2) is 0 Å². The Hall–Kier alpha value is -3.12. The lowest BCUT2D eigenvalue weighted by Gasteiger charge is -2.42. The number of benzene rings is 3. The summed E-state index contributed by atoms with van der Waals surface area (Å²) in [6.45, 7) is 4.75. The molecule has 0 saturated heterocycles. The molecule has 9 rings (SSSR count). The van der Waals surface area contributed by atoms with Crippen molar-refractivity contribution in [3.63, 3.8) is 0 Å². The molecule has 2 atom stereocenters. The van der Waals surface area contributed by atoms with Gasteiger partial charge in [0.25, 0.3) is 0 Å². The minimum atomic E-state index is 0.543. The highest BCUT2D eigenvalue weighted by atomic mass is 14.4. The third-order valence-corrected chi connectivity index (χ3v) is 10.3. The second-order valence-corrected chi connectivity index (χ2v) is 12.2. The van der Waals surface area contributed by atoms with Gasteiger partial charge in [-0.3, -0.25) is 0 Å². The summed E-state index contributed by atoms with van der Waals surface area (Å²) >= 11 is 0. The van der Waals surface area contributed by atoms with Crippen LogP contribution in [0.4, 0.5) is 0 Å². The van der Waals surface area contributed by atoms with E-state index in [0.29, 0.717) is 11.8 Å². The van der Waals surface area contributed by atoms with Gasteiger partial charge in [0.05, 0.1) is 0 Å². The lowest BCUT2D eigenvalue weighted by molar-refractivity contribution is 0.514. The summed E-state index contributed by atoms with van der Waals surface area (Å²) in [6.07, 6.45) is 27.3. The summed E-state index contributed by atoms with van der Waals surface area (Å²) in [6, 6.07) is 2.58. The first-order valence-electron chi connectivity index (χ1n) is 14.3. The molecule has 0 bridgehead atoms. The van der Waals surface area contributed by atoms with Gasteiger partial charge in [0.2, 0.25) is 0 Å². The van der Waals surface area contributed by atoms with Crippen LogP contribution in [0.3, 0.4) is 0 Å². The number of hydrogen-bond donors (Lipinski definition) is 0. The van der Waals surface area contributed by atoms with Gasteiger partial charge in [0, 0.05) is 5.92 Å². The molecule has 3 aromatic rings. The monoisotopic (exact) mass is 464 g/mol. The lowest BCUT2D eigenvalue weighted by Crippen LogP contribution is -2.28. The van der Waals surface area contributed by atoms with Crippen LogP contribution >= 0.6 is 0 Å². The predicted molar refractivity (Wildman–Crippen MR) is 155 cm³/mol. The zero-order chi connectivity index (χ0) is 23.7. The molecule has 6 aliphatic rings. The molecule has 0 heteroatoms. The highest BCUT2D eigenvalue weighted by molar-refractivity contribution is 6.25. The number of rotatable bonds is 0. The van der Waals surface area contributed by atoms with Crippen LogP contribution in [0.5, 0.6) is 0 Å². The molecule has 176 valence electrons. The molecule has 0 N–H and O–H groups in total. The standard InChI is InChI=1S/C36H32/c1-19-15-16-24-28(17-19)34-26-13-5-8-21-7-3-11-23(31(21)26)29-18-20(2)30-25-12-4-9-22-10-6-14-27(32(22)25)33(24)36(30)35(29)34/h4,8-9,11-12,14,17-18,22,32H,3,5-7,10,13,15-16H2,1-2H3. The third kappa shape index (κ3) is 2.28. The molecule has 3 aromatic carbocycles. The van der Waals surface area contributed by atoms with Crippen LogP contribution < -0.4 is 5.22 Å². The van der Waals surface area contributed by atoms with Crippen molar-refractivity contribution < 1.29 is 0 Å². The van der Waals surface area contributed by atoms with Gasteiger partial charge in [-0.05, 0) is 154 Å². The van der Waals surface area contributed by atoms with E-state index in [4.69, 9.17) is 0 Å². The summed E-state index contributed by atoms with van der Waals surface area (Å²) in [4.78, 5) is 0. The number of aryl methyl sites for hydroxylation is 2. The Balaban J connectivity index is 1.60. The van der Waals surface area contributed by atoms with E-state index in [9.17, 15) is 0 Å². The van der Waals surface area contributed by atoms with Gasteiger partial charge in [-0.15, -0.1) is 0 Å². The van der Waals surface area contributed by atoms with E-state index < -0.39 is 0 Å². The summed E-state index contributed by atoms with van der Waals surface area (Å²) in [5, 5.41) is 7.86. The molecule has 36 heavy (non-hydrogen) atoms. The van der Waals surface area contributed by atoms with Crippen molar-refractivity contribution in [3.8, 4) is 0 Å². The Labute approximate surface area is 213 Å². The van der Waals surface area contributed by atoms with Gasteiger partial charge >= 0.3 is 0 Å². The number of hydrogen-bond acceptors (Lipinski definition) is 0. The molecule has 0 saturated carbocycles. The smallest absolute Gasteiger partial charge is 0.0162 e. The van der Waals surface area contributed by atoms with Crippen molar-refractivity contribution in [2.45, 2.75) is 65.2 Å². The van der Waals surface area contributed by atoms with E-state index in [1.807, 2.05) is 0 Å². The fourth-order valence-corrected chi connectivity index (χ4v) is 8.98. The maximum atomic E-state index is 2.64. The fraction of sp³-hybridized carbons (Fsp3) is 0.333. The normalized spacial score (nSPS) is 24.8. The zero-order valence-electron chi connectivity index (χ0n) is 21.4. The molecule has 0 aliphatic heterocycles. The van der Waals surface area contributed by atoms with Gasteiger partial charge in [-0.25, -0.2) is 0 Å². The van der Waals surface area contributed by atoms with Crippen LogP contribution in [0.2, 0.25) is 0 Å². The predicted octanol–water partition coefficient (Wildman–Crippen LogP) is 8.65. The molecule has 0 amide bonds. The largest absolute Gasteiger partial charge is 0.0805 e. The Kier molecular flexibility index (Phi) is 3.78. The third-order valence-electron chi connectivity index (χ3n) is 10.3. The van der Waals surface area contributed by atoms with Crippen LogP contribution in [0, 0.1) is 18.8 Å². The molecule has 0 aromatic heterocycles. The molecule has 6 aliphatic carbocycles. The van der Waals surface area contributed by atoms with Crippen LogP contribution in [0.15, 0.2) is 42.0 Å². The van der Waals surface area contributed by atoms with Crippen molar-refractivity contribution in [2.24, 2.45) is 11.8 Å². The van der Waals surface area contributed by atoms with Crippen LogP contribution in [-0.4, -0.2) is 0 Å². The molecule has 0 spiro atoms. The Bertz CT molecular complexity index is 1790. The van der Waals surface area contributed by atoms with Crippen molar-refractivity contribution in [1.82, 2.24) is 0 Å². The fourth-order valence-electron chi connectivity index (χ4n) is 8.98. The van der Waals surface area contributed by atoms with Gasteiger partial charge in [0.1, 0.15) is 0 Å². The Morgan fingerprint density at radius 2 is 1.67 bits per heavy atom. The average molecular weight is 465 g/mol. The first-order chi connectivity index (χ1) is 17.7. The van der Waals surface area contributed by atoms with Crippen molar-refractivity contribution in [2.75, 3.05) is 0 Å². The molecular formula is C36H32. The minimum absolute atomic E-state index is 0.543. The summed E-state index contributed by atoms with van der Waals surface area (Å²) in [7, 11) is 0. The molecule has 2 unspecified atom stereocenters. The first-order valence-corrected chi connectivity index (χ1v) is 14.3. The van der Waals surface area contributed by atoms with Gasteiger partial charge in [-0.1, -0.05) is 54.2 Å². The van der Waals surface area contributed by atoms with E-state index in [2.05, 4.69) is 62.4 Å². The summed E-state index contributed by atoms with van der Waals surface area (Å²) in [5.74, 6) is 1.19. The van der Waals surface area contributed by atoms with Crippen LogP contribution in [0.25, 0.3) is 50.4 Å². The lowest BCUT2D eigenvalue weighted by atomic mass is 9.61. The first kappa shape index (κ1) is 20.0. The Morgan fingerprint density at radius 3 is 2.61 bits per heavy atom. The molecule has 0 radical (unpaired) electrons. The van der Waals surface area contributed by atoms with Gasteiger partial charge < -0.3 is 0 Å². The van der Waals surface area contributed by atoms with E-state index in [1.165, 1.54) is 62.3 Å². The summed E-state index contributed by atoms with van der Waals surface area (Å²) < 4.78 is 0. The molecular weight excluding hydrogens is 432 g/mol. The van der Waals surface area contributed by atoms with Crippen molar-refractivity contribution in [3.05, 3.63) is 86.2 Å². The summed E-state index contributed by atoms with van der Waals surface area (Å²) in [5.41, 5.74) is 17.6. The topological polar surface area (TPSA) is 0 Å². The maximum Gasteiger partial charge on any atom is 0.0162 e. The number of allylic oxidation sites excluding steroid dienone is 9. The molecule has 0 fully saturated rings. The van der Waals surface area contributed by atoms with Gasteiger partial charge in [-0.2, -0.15) is 0 Å². The van der Waals surface area contributed by atoms with E-state index in [1.54, 1.807) is 77.1 Å². The highest BCUT2D eigenvalue weighted by Crippen LogP contribution is 2.58. The van der Waals surface area contributed by atoms with E-state index in [0.717, 1.165) is 0 Å². The SMILES string of the molecule is CC1=Cc2c(c3c4c(c(C)cc5c6c7c(c2c45)CCC=C7CCC=6)C2=CC=CC4CCC=C3C24)CC1. The van der Waals surface area contributed by atoms with Crippen LogP contribution in [0.1, 0.15) is 84.4 Å². The van der Waals surface area contributed by atoms with Crippen molar-refractivity contribution >= 4 is 50.4 Å². The van der Waals surface area contributed by atoms with E-state index >= 15 is 0 Å². The quantitative estimate of drug-likeness (QED) is 0.312. The van der Waals surface area contributed by atoms with E-state index in [-0.39, 0.29) is 0 Å². The Morgan fingerprint density at radius 1 is 0.750 bits per heavy atom.